The van der Waals surface area contributed by atoms with E-state index in [1.807, 2.05) is 19.1 Å². The Labute approximate surface area is 208 Å². The number of halogens is 5. The summed E-state index contributed by atoms with van der Waals surface area (Å²) in [6.07, 6.45) is 0.250. The summed E-state index contributed by atoms with van der Waals surface area (Å²) in [4.78, 5) is 27.3. The van der Waals surface area contributed by atoms with Crippen molar-refractivity contribution in [1.82, 2.24) is 0 Å². The van der Waals surface area contributed by atoms with Crippen LogP contribution in [-0.4, -0.2) is 32.1 Å². The Morgan fingerprint density at radius 2 is 1.56 bits per heavy atom. The molecule has 0 spiro atoms. The number of carbonyl (C=O) groups excluding carboxylic acids is 3. The second kappa shape index (κ2) is 15.9. The van der Waals surface area contributed by atoms with Gasteiger partial charge in [-0.25, -0.2) is 8.78 Å². The summed E-state index contributed by atoms with van der Waals surface area (Å²) in [5.74, 6) is -2.27. The van der Waals surface area contributed by atoms with Crippen LogP contribution in [0.5, 0.6) is 5.75 Å². The van der Waals surface area contributed by atoms with E-state index in [1.165, 1.54) is 37.7 Å². The molecule has 32 heavy (non-hydrogen) atoms. The Morgan fingerprint density at radius 1 is 1.03 bits per heavy atom. The van der Waals surface area contributed by atoms with Crippen LogP contribution < -0.4 is 4.74 Å². The average molecular weight is 618 g/mol. The lowest BCUT2D eigenvalue weighted by molar-refractivity contribution is -0.191. The zero-order chi connectivity index (χ0) is 24.8. The number of fused-ring (bicyclic) bond motifs is 1. The van der Waals surface area contributed by atoms with Gasteiger partial charge >= 0.3 is 12.1 Å². The van der Waals surface area contributed by atoms with Gasteiger partial charge in [0.2, 0.25) is 5.82 Å². The van der Waals surface area contributed by atoms with E-state index in [0.717, 1.165) is 15.0 Å². The molecular weight excluding hydrogens is 601 g/mol. The van der Waals surface area contributed by atoms with Crippen molar-refractivity contribution >= 4 is 78.0 Å². The van der Waals surface area contributed by atoms with Gasteiger partial charge in [0, 0.05) is 4.88 Å². The van der Waals surface area contributed by atoms with Crippen LogP contribution in [0, 0.1) is 24.4 Å². The molecule has 0 bridgehead atoms. The fourth-order valence-electron chi connectivity index (χ4n) is 1.90. The van der Waals surface area contributed by atoms with E-state index in [9.17, 15) is 18.0 Å². The highest BCUT2D eigenvalue weighted by atomic mass is 79.9. The van der Waals surface area contributed by atoms with Gasteiger partial charge < -0.3 is 9.47 Å². The zero-order valence-corrected chi connectivity index (χ0v) is 21.8. The van der Waals surface area contributed by atoms with E-state index < -0.39 is 11.6 Å². The van der Waals surface area contributed by atoms with Crippen molar-refractivity contribution in [2.75, 3.05) is 20.0 Å². The van der Waals surface area contributed by atoms with Gasteiger partial charge in [0.1, 0.15) is 0 Å². The largest absolute Gasteiger partial charge is 0.494 e. The minimum absolute atomic E-state index is 0.0919. The molecule has 3 aromatic rings. The fourth-order valence-corrected chi connectivity index (χ4v) is 3.75. The molecule has 0 fully saturated rings. The van der Waals surface area contributed by atoms with Gasteiger partial charge in [0.15, 0.2) is 17.4 Å². The molecule has 174 valence electrons. The first kappa shape index (κ1) is 30.1. The molecule has 2 aromatic carbocycles. The van der Waals surface area contributed by atoms with Crippen LogP contribution in [0.2, 0.25) is 0 Å². The molecule has 3 rings (SSSR count). The van der Waals surface area contributed by atoms with Crippen molar-refractivity contribution in [2.45, 2.75) is 6.92 Å². The van der Waals surface area contributed by atoms with Gasteiger partial charge in [0.05, 0.1) is 33.6 Å². The summed E-state index contributed by atoms with van der Waals surface area (Å²) in [6.45, 7) is 1.98. The summed E-state index contributed by atoms with van der Waals surface area (Å²) in [6, 6.07) is 8.39. The maximum atomic E-state index is 13.4. The van der Waals surface area contributed by atoms with E-state index in [-0.39, 0.29) is 33.9 Å². The normalized spacial score (nSPS) is 9.16. The monoisotopic (exact) mass is 616 g/mol. The number of aryl methyl sites for hydroxylation is 1. The Kier molecular flexibility index (Phi) is 15.0. The number of thiol groups is 1. The highest BCUT2D eigenvalue weighted by Crippen LogP contribution is 2.31. The number of carbonyl (C=O) groups is 1. The number of benzene rings is 2. The Morgan fingerprint density at radius 3 is 2.03 bits per heavy atom. The second-order valence-electron chi connectivity index (χ2n) is 5.33. The number of ether oxygens (including phenoxy) is 2. The quantitative estimate of drug-likeness (QED) is 0.206. The third kappa shape index (κ3) is 9.74. The molecule has 0 N–H and O–H groups in total. The molecule has 0 aliphatic heterocycles. The molecular formula is C20H17Br2F3O5S2. The Balaban J connectivity index is 0.000000445. The third-order valence-corrected chi connectivity index (χ3v) is 5.82. The van der Waals surface area contributed by atoms with Gasteiger partial charge in [-0.3, -0.25) is 4.79 Å². The van der Waals surface area contributed by atoms with Crippen LogP contribution >= 0.6 is 55.8 Å². The minimum Gasteiger partial charge on any atom is -0.494 e. The standard InChI is InChI=1S/C9H6BrFS.C7H5BrF2O.C3H6O2S.CO2/c1-5-4-6-2-3-7(10)8(11)9(6)12-5;1-11-5-3-2-4(8)6(9)7(5)10;1-5-3(4)2-6;2-1-3/h2-4H,1H3;2-3H,1H3;6H,2H2,1H3;. The number of hydrogen-bond donors (Lipinski definition) is 1. The van der Waals surface area contributed by atoms with E-state index in [0.29, 0.717) is 4.47 Å². The smallest absolute Gasteiger partial charge is 0.373 e. The summed E-state index contributed by atoms with van der Waals surface area (Å²) in [7, 11) is 2.62. The predicted molar refractivity (Wildman–Crippen MR) is 126 cm³/mol. The van der Waals surface area contributed by atoms with Gasteiger partial charge in [0.25, 0.3) is 0 Å². The first-order valence-electron chi connectivity index (χ1n) is 8.26. The molecule has 0 saturated heterocycles. The van der Waals surface area contributed by atoms with Crippen molar-refractivity contribution < 1.29 is 37.0 Å². The van der Waals surface area contributed by atoms with Gasteiger partial charge in [-0.2, -0.15) is 26.6 Å². The third-order valence-electron chi connectivity index (χ3n) is 3.28. The molecule has 1 aromatic heterocycles. The lowest BCUT2D eigenvalue weighted by atomic mass is 10.2. The van der Waals surface area contributed by atoms with Gasteiger partial charge in [-0.15, -0.1) is 11.3 Å². The van der Waals surface area contributed by atoms with Crippen LogP contribution in [0.25, 0.3) is 10.1 Å². The van der Waals surface area contributed by atoms with E-state index in [1.54, 1.807) is 6.07 Å². The van der Waals surface area contributed by atoms with Crippen molar-refractivity contribution in [1.29, 1.82) is 0 Å². The maximum absolute atomic E-state index is 13.4. The van der Waals surface area contributed by atoms with Crippen LogP contribution in [0.1, 0.15) is 4.88 Å². The minimum atomic E-state index is -0.970. The van der Waals surface area contributed by atoms with Crippen molar-refractivity contribution in [3.05, 3.63) is 61.6 Å². The van der Waals surface area contributed by atoms with Gasteiger partial charge in [-0.1, -0.05) is 6.07 Å². The Bertz CT molecular complexity index is 1070. The molecule has 5 nitrogen and oxygen atoms in total. The first-order chi connectivity index (χ1) is 15.1. The zero-order valence-electron chi connectivity index (χ0n) is 16.9. The molecule has 1 heterocycles. The number of esters is 1. The second-order valence-corrected chi connectivity index (χ2v) is 8.61. The summed E-state index contributed by atoms with van der Waals surface area (Å²) in [5, 5.41) is 0.984. The van der Waals surface area contributed by atoms with Gasteiger partial charge in [-0.05, 0) is 68.4 Å². The lowest BCUT2D eigenvalue weighted by Crippen LogP contribution is -1.99. The molecule has 12 heteroatoms. The summed E-state index contributed by atoms with van der Waals surface area (Å²) in [5.41, 5.74) is 0. The summed E-state index contributed by atoms with van der Waals surface area (Å²) >= 11 is 11.1. The molecule has 0 amide bonds. The SMILES string of the molecule is COC(=O)CS.COc1ccc(Br)c(F)c1F.Cc1cc2ccc(Br)c(F)c2s1.O=C=O. The van der Waals surface area contributed by atoms with E-state index >= 15 is 0 Å². The highest BCUT2D eigenvalue weighted by Gasteiger charge is 2.11. The first-order valence-corrected chi connectivity index (χ1v) is 11.3. The number of thiophene rings is 1. The summed E-state index contributed by atoms with van der Waals surface area (Å²) < 4.78 is 48.9. The van der Waals surface area contributed by atoms with Crippen molar-refractivity contribution in [3.8, 4) is 5.75 Å². The fraction of sp³-hybridized carbons (Fsp3) is 0.200. The average Bonchev–Trinajstić information content (AvgIpc) is 3.17. The molecule has 0 aliphatic rings. The predicted octanol–water partition coefficient (Wildman–Crippen LogP) is 6.35. The molecule has 0 saturated carbocycles. The van der Waals surface area contributed by atoms with E-state index in [2.05, 4.69) is 54.0 Å². The highest BCUT2D eigenvalue weighted by molar-refractivity contribution is 9.10. The lowest BCUT2D eigenvalue weighted by Gasteiger charge is -2.02. The number of methoxy groups -OCH3 is 2. The van der Waals surface area contributed by atoms with Crippen LogP contribution in [0.4, 0.5) is 13.2 Å². The van der Waals surface area contributed by atoms with Crippen molar-refractivity contribution in [2.24, 2.45) is 0 Å². The Hall–Kier alpha value is -1.85. The molecule has 0 unspecified atom stereocenters. The number of rotatable bonds is 2. The molecule has 0 aliphatic carbocycles. The van der Waals surface area contributed by atoms with Crippen LogP contribution in [-0.2, 0) is 19.1 Å². The maximum Gasteiger partial charge on any atom is 0.373 e. The van der Waals surface area contributed by atoms with Crippen LogP contribution in [0.3, 0.4) is 0 Å². The van der Waals surface area contributed by atoms with Crippen molar-refractivity contribution in [3.63, 3.8) is 0 Å². The molecule has 0 atom stereocenters. The van der Waals surface area contributed by atoms with Crippen LogP contribution in [0.15, 0.2) is 39.3 Å². The number of hydrogen-bond acceptors (Lipinski definition) is 7. The topological polar surface area (TPSA) is 69.7 Å². The van der Waals surface area contributed by atoms with E-state index in [4.69, 9.17) is 9.59 Å². The molecule has 0 radical (unpaired) electrons.